The van der Waals surface area contributed by atoms with Gasteiger partial charge in [-0.2, -0.15) is 0 Å². The second kappa shape index (κ2) is 11.3. The van der Waals surface area contributed by atoms with Crippen LogP contribution >= 0.6 is 7.82 Å². The number of hydrogen-bond donors (Lipinski definition) is 5. The molecular weight excluding hydrogens is 629 g/mol. The molecule has 0 amide bonds. The minimum Gasteiger partial charge on any atom is -0.460 e. The number of fused-ring (bicyclic) bond motifs is 7. The highest BCUT2D eigenvalue weighted by molar-refractivity contribution is 7.46. The van der Waals surface area contributed by atoms with E-state index in [1.165, 1.54) is 0 Å². The summed E-state index contributed by atoms with van der Waals surface area (Å²) in [7, 11) is -4.99. The van der Waals surface area contributed by atoms with E-state index in [2.05, 4.69) is 6.92 Å². The molecule has 252 valence electrons. The maximum atomic E-state index is 14.2. The normalized spacial score (nSPS) is 37.6. The Kier molecular flexibility index (Phi) is 7.85. The number of allylic oxidation sites excluding steroid dienone is 4. The first kappa shape index (κ1) is 32.6. The topological polar surface area (TPSA) is 199 Å². The van der Waals surface area contributed by atoms with Crippen LogP contribution < -0.4 is 5.73 Å². The number of rotatable bonds is 8. The molecule has 47 heavy (non-hydrogen) atoms. The minimum atomic E-state index is -4.99. The van der Waals surface area contributed by atoms with E-state index >= 15 is 0 Å². The van der Waals surface area contributed by atoms with E-state index in [0.29, 0.717) is 48.5 Å². The van der Waals surface area contributed by atoms with Crippen molar-refractivity contribution in [2.24, 2.45) is 28.6 Å². The zero-order valence-corrected chi connectivity index (χ0v) is 27.1. The number of nitrogens with two attached hydrogens (primary N) is 1. The van der Waals surface area contributed by atoms with Gasteiger partial charge in [0.1, 0.15) is 12.4 Å². The summed E-state index contributed by atoms with van der Waals surface area (Å²) in [5.41, 5.74) is 5.82. The van der Waals surface area contributed by atoms with E-state index in [0.717, 1.165) is 11.1 Å². The zero-order chi connectivity index (χ0) is 33.5. The maximum absolute atomic E-state index is 14.2. The van der Waals surface area contributed by atoms with Gasteiger partial charge in [-0.15, -0.1) is 0 Å². The van der Waals surface area contributed by atoms with Crippen LogP contribution in [0.1, 0.15) is 68.5 Å². The average molecular weight is 670 g/mol. The Morgan fingerprint density at radius 1 is 1.19 bits per heavy atom. The number of anilines is 1. The summed E-state index contributed by atoms with van der Waals surface area (Å²) in [6.45, 7) is 2.90. The van der Waals surface area contributed by atoms with Crippen molar-refractivity contribution in [1.29, 1.82) is 0 Å². The smallest absolute Gasteiger partial charge is 0.460 e. The number of nitrogen functional groups attached to an aromatic ring is 1. The predicted molar refractivity (Wildman–Crippen MR) is 166 cm³/mol. The van der Waals surface area contributed by atoms with Gasteiger partial charge in [-0.25, -0.2) is 4.57 Å². The van der Waals surface area contributed by atoms with Crippen LogP contribution in [0.3, 0.4) is 0 Å². The Balaban J connectivity index is 1.20. The highest BCUT2D eigenvalue weighted by atomic mass is 31.2. The quantitative estimate of drug-likeness (QED) is 0.202. The number of aliphatic hydroxyl groups is 2. The molecule has 0 spiro atoms. The summed E-state index contributed by atoms with van der Waals surface area (Å²) in [5, 5.41) is 21.3. The molecule has 1 aromatic heterocycles. The van der Waals surface area contributed by atoms with Crippen molar-refractivity contribution in [2.75, 3.05) is 12.3 Å². The molecule has 1 aromatic carbocycles. The van der Waals surface area contributed by atoms with Crippen LogP contribution in [0.25, 0.3) is 0 Å². The molecule has 6 N–H and O–H groups in total. The second-order valence-corrected chi connectivity index (χ2v) is 15.4. The minimum absolute atomic E-state index is 0.0350. The first-order valence-electron chi connectivity index (χ1n) is 15.9. The van der Waals surface area contributed by atoms with Crippen LogP contribution in [-0.2, 0) is 41.2 Å². The first-order valence-corrected chi connectivity index (χ1v) is 17.5. The van der Waals surface area contributed by atoms with E-state index in [4.69, 9.17) is 24.1 Å². The number of phosphoric ester groups is 1. The van der Waals surface area contributed by atoms with Gasteiger partial charge in [0.2, 0.25) is 6.29 Å². The molecule has 7 rings (SSSR count). The van der Waals surface area contributed by atoms with E-state index in [1.807, 2.05) is 19.1 Å². The van der Waals surface area contributed by atoms with Gasteiger partial charge in [-0.05, 0) is 73.4 Å². The van der Waals surface area contributed by atoms with Gasteiger partial charge in [-0.3, -0.25) is 14.1 Å². The number of phosphoric acid groups is 1. The molecule has 5 aliphatic rings. The molecule has 1 saturated heterocycles. The average Bonchev–Trinajstić information content (AvgIpc) is 3.68. The van der Waals surface area contributed by atoms with Crippen molar-refractivity contribution in [3.8, 4) is 0 Å². The lowest BCUT2D eigenvalue weighted by Crippen LogP contribution is -2.63. The lowest BCUT2D eigenvalue weighted by molar-refractivity contribution is -0.203. The van der Waals surface area contributed by atoms with Crippen molar-refractivity contribution in [3.05, 3.63) is 76.8 Å². The van der Waals surface area contributed by atoms with Crippen LogP contribution in [0, 0.1) is 28.6 Å². The third-order valence-electron chi connectivity index (χ3n) is 11.7. The van der Waals surface area contributed by atoms with Crippen LogP contribution in [0.4, 0.5) is 5.69 Å². The summed E-state index contributed by atoms with van der Waals surface area (Å²) < 4.78 is 35.6. The van der Waals surface area contributed by atoms with E-state index < -0.39 is 55.1 Å². The van der Waals surface area contributed by atoms with Crippen molar-refractivity contribution >= 4 is 25.1 Å². The van der Waals surface area contributed by atoms with Crippen LogP contribution in [0.5, 0.6) is 0 Å². The zero-order valence-electron chi connectivity index (χ0n) is 26.2. The fourth-order valence-electron chi connectivity index (χ4n) is 9.66. The van der Waals surface area contributed by atoms with Crippen LogP contribution in [0.2, 0.25) is 0 Å². The molecule has 0 unspecified atom stereocenters. The van der Waals surface area contributed by atoms with Crippen molar-refractivity contribution in [3.63, 3.8) is 0 Å². The number of carbonyl (C=O) groups excluding carboxylic acids is 2. The summed E-state index contributed by atoms with van der Waals surface area (Å²) in [5.74, 6) is -0.189. The Hall–Kier alpha value is -2.93. The summed E-state index contributed by atoms with van der Waals surface area (Å²) in [4.78, 5) is 45.3. The number of hydrogen-bond acceptors (Lipinski definition) is 10. The van der Waals surface area contributed by atoms with Crippen molar-refractivity contribution in [1.82, 2.24) is 0 Å². The summed E-state index contributed by atoms with van der Waals surface area (Å²) >= 11 is 0. The number of furan rings is 1. The number of ether oxygens (including phenoxy) is 2. The van der Waals surface area contributed by atoms with Gasteiger partial charge in [-0.1, -0.05) is 37.6 Å². The predicted octanol–water partition coefficient (Wildman–Crippen LogP) is 3.66. The Morgan fingerprint density at radius 2 is 1.98 bits per heavy atom. The monoisotopic (exact) mass is 669 g/mol. The third-order valence-corrected chi connectivity index (χ3v) is 12.2. The highest BCUT2D eigenvalue weighted by Crippen LogP contribution is 2.70. The van der Waals surface area contributed by atoms with Crippen LogP contribution in [-0.4, -0.2) is 56.0 Å². The lowest BCUT2D eigenvalue weighted by atomic mass is 9.46. The van der Waals surface area contributed by atoms with Crippen LogP contribution in [0.15, 0.2) is 58.6 Å². The van der Waals surface area contributed by atoms with E-state index in [-0.39, 0.29) is 36.6 Å². The molecule has 4 aliphatic carbocycles. The first-order chi connectivity index (χ1) is 22.2. The maximum Gasteiger partial charge on any atom is 0.470 e. The highest BCUT2D eigenvalue weighted by Gasteiger charge is 2.76. The molecule has 2 aromatic rings. The Labute approximate surface area is 271 Å². The van der Waals surface area contributed by atoms with Crippen molar-refractivity contribution in [2.45, 2.75) is 76.7 Å². The molecule has 3 saturated carbocycles. The molecule has 2 heterocycles. The van der Waals surface area contributed by atoms with Gasteiger partial charge in [0.15, 0.2) is 22.9 Å². The van der Waals surface area contributed by atoms with Crippen molar-refractivity contribution < 1.29 is 52.6 Å². The lowest BCUT2D eigenvalue weighted by Gasteiger charge is -2.59. The number of carbonyl (C=O) groups is 2. The van der Waals surface area contributed by atoms with E-state index in [1.54, 1.807) is 36.4 Å². The number of aliphatic hydroxyl groups excluding tert-OH is 2. The SMILES string of the molecule is C[C@]12C=CC(=O)C=C1CC[C@@H]1[C@@H]2[C@@H](O)C[C@@]2(C)[C@H]1C[C@H]1O[C@@H](c3ccc(Cc4ccc(CO)c(N)c4)o3)O[C@]12C(=O)COP(=O)(O)O. The molecule has 9 atom stereocenters. The van der Waals surface area contributed by atoms with Gasteiger partial charge in [0.05, 0.1) is 18.8 Å². The summed E-state index contributed by atoms with van der Waals surface area (Å²) in [6.07, 6.45) is 4.77. The molecule has 1 aliphatic heterocycles. The molecule has 13 heteroatoms. The molecular formula is C34H40NO11P. The fraction of sp³-hybridized carbons (Fsp3) is 0.529. The third kappa shape index (κ3) is 5.12. The molecule has 0 bridgehead atoms. The Morgan fingerprint density at radius 3 is 2.70 bits per heavy atom. The number of ketones is 2. The number of Topliss-reactive ketones (excluding diaryl/α,β-unsaturated/α-hetero) is 1. The van der Waals surface area contributed by atoms with Gasteiger partial charge >= 0.3 is 7.82 Å². The molecule has 4 fully saturated rings. The van der Waals surface area contributed by atoms with Gasteiger partial charge < -0.3 is 39.6 Å². The fourth-order valence-corrected chi connectivity index (χ4v) is 9.95. The largest absolute Gasteiger partial charge is 0.470 e. The van der Waals surface area contributed by atoms with E-state index in [9.17, 15) is 34.2 Å². The second-order valence-electron chi connectivity index (χ2n) is 14.1. The number of benzene rings is 1. The molecule has 0 radical (unpaired) electrons. The molecule has 12 nitrogen and oxygen atoms in total. The summed E-state index contributed by atoms with van der Waals surface area (Å²) in [6, 6.07) is 8.84. The Bertz CT molecular complexity index is 1730. The van der Waals surface area contributed by atoms with Gasteiger partial charge in [0, 0.05) is 34.4 Å². The standard InChI is InChI=1S/C34H40NO11P/c1-32-10-9-21(37)13-20(32)5-7-23-24-14-29-34(28(39)17-43-47(40,41)42,33(24,2)15-26(38)30(23)32)46-31(45-29)27-8-6-22(44-27)11-18-3-4-19(16-36)25(35)12-18/h3-4,6,8-10,12-13,23-24,26,29-31,36,38H,5,7,11,14-17,35H2,1-2H3,(H2,40,41,42)/t23-,24-,26-,29+,30+,31+,32-,33-,34+/m0/s1. The van der Waals surface area contributed by atoms with Gasteiger partial charge in [0.25, 0.3) is 0 Å².